The van der Waals surface area contributed by atoms with Crippen molar-refractivity contribution < 1.29 is 20.1 Å². The Kier molecular flexibility index (Phi) is 3.12. The summed E-state index contributed by atoms with van der Waals surface area (Å²) in [6.07, 6.45) is 0. The molecule has 1 rings (SSSR count). The average molecular weight is 224 g/mol. The van der Waals surface area contributed by atoms with Crippen LogP contribution in [-0.2, 0) is 0 Å². The van der Waals surface area contributed by atoms with Gasteiger partial charge in [0.05, 0.1) is 0 Å². The standard InChI is InChI=1S/C12H16O4/c1-5(2)8-6(3)9(12(15)16)11(14)7(4)10(8)13/h5,13-14H,1-4H3,(H,15,16). The second-order valence-electron chi connectivity index (χ2n) is 4.20. The SMILES string of the molecule is Cc1c(O)c(C(=O)O)c(C)c(C(C)C)c1O. The molecule has 0 saturated heterocycles. The average Bonchev–Trinajstić information content (AvgIpc) is 2.13. The number of aromatic carboxylic acids is 1. The molecule has 0 aliphatic carbocycles. The third-order valence-electron chi connectivity index (χ3n) is 2.77. The van der Waals surface area contributed by atoms with Crippen molar-refractivity contribution in [1.29, 1.82) is 0 Å². The Hall–Kier alpha value is -1.71. The van der Waals surface area contributed by atoms with E-state index in [9.17, 15) is 15.0 Å². The number of carbonyl (C=O) groups is 1. The van der Waals surface area contributed by atoms with Gasteiger partial charge in [-0.3, -0.25) is 0 Å². The van der Waals surface area contributed by atoms with Gasteiger partial charge in [-0.2, -0.15) is 0 Å². The van der Waals surface area contributed by atoms with Crippen LogP contribution < -0.4 is 0 Å². The van der Waals surface area contributed by atoms with Gasteiger partial charge in [0.1, 0.15) is 17.1 Å². The predicted octanol–water partition coefficient (Wildman–Crippen LogP) is 2.54. The van der Waals surface area contributed by atoms with Crippen molar-refractivity contribution >= 4 is 5.97 Å². The second-order valence-corrected chi connectivity index (χ2v) is 4.20. The van der Waals surface area contributed by atoms with E-state index >= 15 is 0 Å². The van der Waals surface area contributed by atoms with Crippen molar-refractivity contribution in [2.75, 3.05) is 0 Å². The van der Waals surface area contributed by atoms with E-state index in [0.717, 1.165) is 0 Å². The molecule has 0 saturated carbocycles. The number of hydrogen-bond donors (Lipinski definition) is 3. The molecule has 4 heteroatoms. The van der Waals surface area contributed by atoms with Crippen LogP contribution in [0, 0.1) is 13.8 Å². The third-order valence-corrected chi connectivity index (χ3v) is 2.77. The summed E-state index contributed by atoms with van der Waals surface area (Å²) in [7, 11) is 0. The zero-order valence-corrected chi connectivity index (χ0v) is 9.83. The Bertz CT molecular complexity index is 447. The molecule has 0 fully saturated rings. The zero-order chi connectivity index (χ0) is 12.6. The number of phenolic OH excluding ortho intramolecular Hbond substituents is 1. The van der Waals surface area contributed by atoms with Gasteiger partial charge in [-0.25, -0.2) is 4.79 Å². The molecular formula is C12H16O4. The zero-order valence-electron chi connectivity index (χ0n) is 9.83. The molecule has 0 heterocycles. The van der Waals surface area contributed by atoms with Crippen molar-refractivity contribution in [3.63, 3.8) is 0 Å². The van der Waals surface area contributed by atoms with Gasteiger partial charge in [0, 0.05) is 11.1 Å². The lowest BCUT2D eigenvalue weighted by molar-refractivity contribution is 0.0692. The Labute approximate surface area is 94.2 Å². The van der Waals surface area contributed by atoms with Crippen LogP contribution in [0.15, 0.2) is 0 Å². The normalized spacial score (nSPS) is 10.8. The van der Waals surface area contributed by atoms with Crippen LogP contribution in [0.2, 0.25) is 0 Å². The molecule has 16 heavy (non-hydrogen) atoms. The van der Waals surface area contributed by atoms with E-state index in [-0.39, 0.29) is 28.5 Å². The summed E-state index contributed by atoms with van der Waals surface area (Å²) in [5, 5.41) is 28.6. The van der Waals surface area contributed by atoms with Crippen LogP contribution in [-0.4, -0.2) is 21.3 Å². The van der Waals surface area contributed by atoms with Crippen LogP contribution in [0.3, 0.4) is 0 Å². The lowest BCUT2D eigenvalue weighted by atomic mass is 9.90. The number of carboxylic acid groups (broad SMARTS) is 1. The van der Waals surface area contributed by atoms with Gasteiger partial charge in [0.15, 0.2) is 0 Å². The molecule has 0 atom stereocenters. The number of rotatable bonds is 2. The molecule has 3 N–H and O–H groups in total. The molecular weight excluding hydrogens is 208 g/mol. The van der Waals surface area contributed by atoms with Crippen LogP contribution in [0.5, 0.6) is 11.5 Å². The fourth-order valence-corrected chi connectivity index (χ4v) is 1.96. The fourth-order valence-electron chi connectivity index (χ4n) is 1.96. The maximum Gasteiger partial charge on any atom is 0.339 e. The van der Waals surface area contributed by atoms with Gasteiger partial charge >= 0.3 is 5.97 Å². The van der Waals surface area contributed by atoms with E-state index in [4.69, 9.17) is 5.11 Å². The summed E-state index contributed by atoms with van der Waals surface area (Å²) in [5.41, 5.74) is 1.08. The quantitative estimate of drug-likeness (QED) is 0.721. The Morgan fingerprint density at radius 3 is 1.94 bits per heavy atom. The van der Waals surface area contributed by atoms with Gasteiger partial charge in [0.25, 0.3) is 0 Å². The molecule has 88 valence electrons. The van der Waals surface area contributed by atoms with Gasteiger partial charge in [-0.1, -0.05) is 13.8 Å². The van der Waals surface area contributed by atoms with E-state index in [1.807, 2.05) is 13.8 Å². The lowest BCUT2D eigenvalue weighted by Crippen LogP contribution is -2.06. The second kappa shape index (κ2) is 4.04. The highest BCUT2D eigenvalue weighted by Gasteiger charge is 2.24. The Morgan fingerprint density at radius 2 is 1.56 bits per heavy atom. The Balaban J connectivity index is 3.73. The summed E-state index contributed by atoms with van der Waals surface area (Å²) in [5.74, 6) is -1.56. The largest absolute Gasteiger partial charge is 0.507 e. The van der Waals surface area contributed by atoms with Gasteiger partial charge < -0.3 is 15.3 Å². The molecule has 0 spiro atoms. The highest BCUT2D eigenvalue weighted by atomic mass is 16.4. The summed E-state index contributed by atoms with van der Waals surface area (Å²) in [6, 6.07) is 0. The van der Waals surface area contributed by atoms with Crippen molar-refractivity contribution in [3.8, 4) is 11.5 Å². The lowest BCUT2D eigenvalue weighted by Gasteiger charge is -2.18. The number of hydrogen-bond acceptors (Lipinski definition) is 3. The maximum absolute atomic E-state index is 11.0. The summed E-state index contributed by atoms with van der Waals surface area (Å²) < 4.78 is 0. The molecule has 4 nitrogen and oxygen atoms in total. The fraction of sp³-hybridized carbons (Fsp3) is 0.417. The first kappa shape index (κ1) is 12.4. The smallest absolute Gasteiger partial charge is 0.339 e. The van der Waals surface area contributed by atoms with E-state index in [0.29, 0.717) is 11.1 Å². The molecule has 0 aromatic heterocycles. The van der Waals surface area contributed by atoms with E-state index < -0.39 is 5.97 Å². The van der Waals surface area contributed by atoms with Crippen LogP contribution in [0.25, 0.3) is 0 Å². The molecule has 0 unspecified atom stereocenters. The van der Waals surface area contributed by atoms with Crippen LogP contribution >= 0.6 is 0 Å². The van der Waals surface area contributed by atoms with Crippen molar-refractivity contribution in [2.24, 2.45) is 0 Å². The highest BCUT2D eigenvalue weighted by Crippen LogP contribution is 2.40. The third kappa shape index (κ3) is 1.71. The van der Waals surface area contributed by atoms with Gasteiger partial charge in [-0.05, 0) is 25.3 Å². The monoisotopic (exact) mass is 224 g/mol. The van der Waals surface area contributed by atoms with Crippen molar-refractivity contribution in [2.45, 2.75) is 33.6 Å². The van der Waals surface area contributed by atoms with Crippen molar-refractivity contribution in [1.82, 2.24) is 0 Å². The first-order chi connectivity index (χ1) is 7.29. The minimum Gasteiger partial charge on any atom is -0.507 e. The van der Waals surface area contributed by atoms with Crippen LogP contribution in [0.4, 0.5) is 0 Å². The minimum atomic E-state index is -1.18. The summed E-state index contributed by atoms with van der Waals surface area (Å²) in [4.78, 5) is 11.0. The predicted molar refractivity (Wildman–Crippen MR) is 60.3 cm³/mol. The molecule has 1 aromatic carbocycles. The first-order valence-electron chi connectivity index (χ1n) is 5.07. The topological polar surface area (TPSA) is 77.8 Å². The molecule has 0 aliphatic rings. The number of phenols is 2. The van der Waals surface area contributed by atoms with E-state index in [2.05, 4.69) is 0 Å². The van der Waals surface area contributed by atoms with Crippen molar-refractivity contribution in [3.05, 3.63) is 22.3 Å². The van der Waals surface area contributed by atoms with Gasteiger partial charge in [0.2, 0.25) is 0 Å². The summed E-state index contributed by atoms with van der Waals surface area (Å²) in [6.45, 7) is 6.83. The minimum absolute atomic E-state index is 0.00241. The first-order valence-corrected chi connectivity index (χ1v) is 5.07. The number of carboxylic acids is 1. The molecule has 0 bridgehead atoms. The molecule has 0 aliphatic heterocycles. The molecule has 1 aromatic rings. The van der Waals surface area contributed by atoms with Gasteiger partial charge in [-0.15, -0.1) is 0 Å². The Morgan fingerprint density at radius 1 is 1.06 bits per heavy atom. The molecule has 0 amide bonds. The molecule has 0 radical (unpaired) electrons. The maximum atomic E-state index is 11.0. The van der Waals surface area contributed by atoms with Crippen LogP contribution in [0.1, 0.15) is 46.8 Å². The number of benzene rings is 1. The summed E-state index contributed by atoms with van der Waals surface area (Å²) >= 11 is 0. The van der Waals surface area contributed by atoms with E-state index in [1.54, 1.807) is 6.92 Å². The van der Waals surface area contributed by atoms with E-state index in [1.165, 1.54) is 6.92 Å². The number of aromatic hydroxyl groups is 2. The highest BCUT2D eigenvalue weighted by molar-refractivity contribution is 5.94.